The summed E-state index contributed by atoms with van der Waals surface area (Å²) >= 11 is 3.41. The van der Waals surface area contributed by atoms with Gasteiger partial charge in [0.05, 0.1) is 0 Å². The predicted octanol–water partition coefficient (Wildman–Crippen LogP) is 2.33. The van der Waals surface area contributed by atoms with Crippen molar-refractivity contribution in [2.24, 2.45) is 0 Å². The van der Waals surface area contributed by atoms with Crippen LogP contribution in [-0.4, -0.2) is 37.5 Å². The first-order valence-electron chi connectivity index (χ1n) is 2.45. The van der Waals surface area contributed by atoms with E-state index < -0.39 is 0 Å². The Morgan fingerprint density at radius 2 is 1.86 bits per heavy atom. The van der Waals surface area contributed by atoms with Crippen LogP contribution in [0.15, 0.2) is 0 Å². The van der Waals surface area contributed by atoms with Gasteiger partial charge < -0.3 is 22.0 Å². The van der Waals surface area contributed by atoms with Gasteiger partial charge in [-0.25, -0.2) is 0 Å². The summed E-state index contributed by atoms with van der Waals surface area (Å²) in [6, 6.07) is 0. The number of hydrogen-bond acceptors (Lipinski definition) is 0. The molecule has 0 atom stereocenters. The third kappa shape index (κ3) is 30.2. The Morgan fingerprint density at radius 3 is 1.86 bits per heavy atom. The van der Waals surface area contributed by atoms with Crippen molar-refractivity contribution in [2.45, 2.75) is 16.5 Å². The molecule has 38 valence electrons. The average molecular weight is 208 g/mol. The van der Waals surface area contributed by atoms with Crippen LogP contribution in [0.3, 0.4) is 0 Å². The third-order valence-electron chi connectivity index (χ3n) is 0.189. The first-order valence-corrected chi connectivity index (χ1v) is 10.9. The summed E-state index contributed by atoms with van der Waals surface area (Å²) in [4.78, 5) is 0. The molecule has 0 heterocycles. The molecule has 0 bridgehead atoms. The van der Waals surface area contributed by atoms with E-state index in [4.69, 9.17) is 9.07 Å². The van der Waals surface area contributed by atoms with Gasteiger partial charge in [-0.2, -0.15) is 0 Å². The Labute approximate surface area is 74.9 Å². The summed E-state index contributed by atoms with van der Waals surface area (Å²) < 4.78 is 1.22. The first-order chi connectivity index (χ1) is 3.33. The maximum absolute atomic E-state index is 5.32. The normalized spacial score (nSPS) is 4.57. The molecule has 0 aromatic rings. The Bertz CT molecular complexity index is 20.4. The van der Waals surface area contributed by atoms with E-state index in [9.17, 15) is 0 Å². The second-order valence-corrected chi connectivity index (χ2v) is 7.37. The highest BCUT2D eigenvalue weighted by Gasteiger charge is 1.74. The minimum atomic E-state index is -0.103. The van der Waals surface area contributed by atoms with Gasteiger partial charge in [0.25, 0.3) is 0 Å². The van der Waals surface area contributed by atoms with Crippen molar-refractivity contribution < 1.29 is 0 Å². The lowest BCUT2D eigenvalue weighted by molar-refractivity contribution is 1.47. The quantitative estimate of drug-likeness (QED) is 0.580. The highest BCUT2D eigenvalue weighted by atomic mass is 79.9. The molecule has 0 aliphatic heterocycles. The van der Waals surface area contributed by atoms with Crippen molar-refractivity contribution in [2.75, 3.05) is 0 Å². The van der Waals surface area contributed by atoms with Gasteiger partial charge in [-0.3, -0.25) is 0 Å². The van der Waals surface area contributed by atoms with Gasteiger partial charge in [0.2, 0.25) is 0 Å². The summed E-state index contributed by atoms with van der Waals surface area (Å²) in [5, 5.41) is 2.18. The molecule has 0 spiro atoms. The fraction of sp³-hybridized carbons (Fsp3) is 1.00. The smallest absolute Gasteiger partial charge is 0.346 e. The Hall–Kier alpha value is 2.30. The Balaban J connectivity index is 0. The van der Waals surface area contributed by atoms with Crippen molar-refractivity contribution in [3.05, 3.63) is 0 Å². The van der Waals surface area contributed by atoms with Crippen molar-refractivity contribution >= 4 is 59.4 Å². The summed E-state index contributed by atoms with van der Waals surface area (Å²) in [6.45, 7) is 2.11. The standard InChI is InChI=1S/C2H5.CH3.BrH.ClH.2Mg/c1-2;;;;;/h1H2,2H3;1H3;2*1H;;/q;;;;2*+1/p-2. The van der Waals surface area contributed by atoms with Crippen LogP contribution in [0.4, 0.5) is 0 Å². The van der Waals surface area contributed by atoms with Gasteiger partial charge in [-0.15, -0.1) is 9.60 Å². The molecule has 0 aromatic heterocycles. The molecule has 0 fully saturated rings. The van der Waals surface area contributed by atoms with E-state index in [2.05, 4.69) is 24.9 Å². The zero-order valence-electron chi connectivity index (χ0n) is 4.88. The number of halogens is 2. The molecule has 0 nitrogen and oxygen atoms in total. The van der Waals surface area contributed by atoms with E-state index in [1.807, 2.05) is 0 Å². The molecule has 4 heteroatoms. The average Bonchev–Trinajstić information content (AvgIpc) is 1.69. The minimum absolute atomic E-state index is 0.103. The summed E-state index contributed by atoms with van der Waals surface area (Å²) in [5.41, 5.74) is 0. The molecule has 0 amide bonds. The van der Waals surface area contributed by atoms with E-state index in [0.29, 0.717) is 0 Å². The third-order valence-corrected chi connectivity index (χ3v) is 1.70. The van der Waals surface area contributed by atoms with Crippen LogP contribution in [0, 0.1) is 0 Å². The van der Waals surface area contributed by atoms with Gasteiger partial charge >= 0.3 is 37.5 Å². The van der Waals surface area contributed by atoms with Gasteiger partial charge in [0.1, 0.15) is 0 Å². The summed E-state index contributed by atoms with van der Waals surface area (Å²) in [7, 11) is 5.32. The molecule has 0 aliphatic carbocycles. The second-order valence-electron chi connectivity index (χ2n) is 0.956. The lowest BCUT2D eigenvalue weighted by Crippen LogP contribution is -1.61. The highest BCUT2D eigenvalue weighted by Crippen LogP contribution is 1.73. The van der Waals surface area contributed by atoms with Crippen LogP contribution in [0.25, 0.3) is 0 Å². The van der Waals surface area contributed by atoms with E-state index in [0.717, 1.165) is 0 Å². The van der Waals surface area contributed by atoms with Crippen molar-refractivity contribution in [3.8, 4) is 0 Å². The van der Waals surface area contributed by atoms with Gasteiger partial charge in [0, 0.05) is 0 Å². The fourth-order valence-corrected chi connectivity index (χ4v) is 0. The summed E-state index contributed by atoms with van der Waals surface area (Å²) in [6.07, 6.45) is 0. The minimum Gasteiger partial charge on any atom is -0.346 e. The molecule has 0 radical (unpaired) electrons. The lowest BCUT2D eigenvalue weighted by atomic mass is 11.0. The SMILES string of the molecule is C[CH2][Mg][Cl].[CH3][Mg][Br]. The fourth-order valence-electron chi connectivity index (χ4n) is 0. The van der Waals surface area contributed by atoms with Gasteiger partial charge in [-0.1, -0.05) is 6.92 Å². The molecule has 0 rings (SSSR count). The molecule has 0 unspecified atom stereocenters. The van der Waals surface area contributed by atoms with Crippen LogP contribution >= 0.6 is 22.0 Å². The van der Waals surface area contributed by atoms with E-state index in [-0.39, 0.29) is 37.5 Å². The topological polar surface area (TPSA) is 0 Å². The molecule has 0 saturated carbocycles. The summed E-state index contributed by atoms with van der Waals surface area (Å²) in [5.74, 6) is 0. The second kappa shape index (κ2) is 15.7. The first kappa shape index (κ1) is 12.0. The van der Waals surface area contributed by atoms with Crippen molar-refractivity contribution in [1.29, 1.82) is 0 Å². The van der Waals surface area contributed by atoms with Gasteiger partial charge in [-0.05, 0) is 0 Å². The van der Waals surface area contributed by atoms with Crippen LogP contribution in [0.2, 0.25) is 9.60 Å². The predicted molar refractivity (Wildman–Crippen MR) is 42.6 cm³/mol. The van der Waals surface area contributed by atoms with Gasteiger partial charge in [0.15, 0.2) is 0 Å². The van der Waals surface area contributed by atoms with Crippen molar-refractivity contribution in [1.82, 2.24) is 0 Å². The largest absolute Gasteiger partial charge is 0.500 e. The lowest BCUT2D eigenvalue weighted by Gasteiger charge is -1.58. The molecule has 0 N–H and O–H groups in total. The number of rotatable bonds is 1. The monoisotopic (exact) mass is 206 g/mol. The highest BCUT2D eigenvalue weighted by molar-refractivity contribution is 9.23. The Morgan fingerprint density at radius 1 is 1.71 bits per heavy atom. The maximum Gasteiger partial charge on any atom is 0.500 e. The van der Waals surface area contributed by atoms with Crippen LogP contribution in [0.5, 0.6) is 0 Å². The maximum atomic E-state index is 5.32. The molecule has 0 aromatic carbocycles. The molecular weight excluding hydrogens is 200 g/mol. The van der Waals surface area contributed by atoms with Crippen LogP contribution in [-0.2, 0) is 0 Å². The zero-order chi connectivity index (χ0) is 6.12. The molecule has 0 saturated heterocycles. The molecule has 7 heavy (non-hydrogen) atoms. The Kier molecular flexibility index (Phi) is 27.0. The van der Waals surface area contributed by atoms with E-state index in [1.165, 1.54) is 4.55 Å². The molecule has 0 aliphatic rings. The van der Waals surface area contributed by atoms with Crippen molar-refractivity contribution in [3.63, 3.8) is 0 Å². The van der Waals surface area contributed by atoms with Crippen LogP contribution in [0.1, 0.15) is 6.92 Å². The zero-order valence-corrected chi connectivity index (χ0v) is 10.0. The molecular formula is C3H8BrClMg2. The van der Waals surface area contributed by atoms with Crippen LogP contribution < -0.4 is 0 Å². The number of hydrogen-bond donors (Lipinski definition) is 0. The van der Waals surface area contributed by atoms with E-state index >= 15 is 0 Å². The van der Waals surface area contributed by atoms with E-state index in [1.54, 1.807) is 0 Å².